The van der Waals surface area contributed by atoms with Crippen LogP contribution in [0.2, 0.25) is 0 Å². The van der Waals surface area contributed by atoms with Gasteiger partial charge in [0.05, 0.1) is 17.2 Å². The lowest BCUT2D eigenvalue weighted by Crippen LogP contribution is -2.15. The van der Waals surface area contributed by atoms with Crippen molar-refractivity contribution in [3.05, 3.63) is 114 Å². The van der Waals surface area contributed by atoms with E-state index < -0.39 is 10.0 Å². The maximum absolute atomic E-state index is 12.8. The van der Waals surface area contributed by atoms with Crippen molar-refractivity contribution in [3.63, 3.8) is 0 Å². The fraction of sp³-hybridized carbons (Fsp3) is 0.138. The Balaban J connectivity index is 1.29. The van der Waals surface area contributed by atoms with Crippen LogP contribution >= 0.6 is 11.8 Å². The number of anilines is 2. The molecule has 0 aliphatic rings. The van der Waals surface area contributed by atoms with E-state index in [2.05, 4.69) is 22.2 Å². The molecule has 37 heavy (non-hydrogen) atoms. The number of thioether (sulfide) groups is 1. The number of amides is 1. The van der Waals surface area contributed by atoms with Crippen LogP contribution in [0, 0.1) is 13.8 Å². The number of carbonyl (C=O) groups excluding carboxylic acids is 1. The first-order chi connectivity index (χ1) is 17.8. The zero-order valence-corrected chi connectivity index (χ0v) is 22.2. The molecule has 190 valence electrons. The third-order valence-corrected chi connectivity index (χ3v) is 7.89. The minimum absolute atomic E-state index is 0.109. The number of benzene rings is 4. The predicted octanol–water partition coefficient (Wildman–Crippen LogP) is 6.53. The van der Waals surface area contributed by atoms with E-state index in [1.807, 2.05) is 44.2 Å². The third kappa shape index (κ3) is 7.38. The number of nitrogens with one attached hydrogen (secondary N) is 2. The number of hydrogen-bond acceptors (Lipinski definition) is 5. The van der Waals surface area contributed by atoms with E-state index in [1.54, 1.807) is 54.2 Å². The number of sulfonamides is 1. The monoisotopic (exact) mass is 532 g/mol. The molecule has 0 spiro atoms. The standard InChI is InChI=1S/C29H28N2O4S2/c1-21-8-17-28(22(2)20-21)31-37(33,34)27-15-11-24(12-16-27)30-29(32)23-9-13-25(14-10-23)35-18-19-36-26-6-4-3-5-7-26/h3-17,20,31H,18-19H2,1-2H3,(H,30,32). The molecular weight excluding hydrogens is 504 g/mol. The summed E-state index contributed by atoms with van der Waals surface area (Å²) in [7, 11) is -3.75. The molecule has 2 N–H and O–H groups in total. The lowest BCUT2D eigenvalue weighted by Gasteiger charge is -2.12. The molecule has 0 heterocycles. The molecule has 0 fully saturated rings. The van der Waals surface area contributed by atoms with E-state index >= 15 is 0 Å². The fourth-order valence-corrected chi connectivity index (χ4v) is 5.47. The molecule has 4 aromatic rings. The van der Waals surface area contributed by atoms with Crippen LogP contribution in [0.5, 0.6) is 5.75 Å². The van der Waals surface area contributed by atoms with Crippen molar-refractivity contribution < 1.29 is 17.9 Å². The molecular formula is C29H28N2O4S2. The van der Waals surface area contributed by atoms with Crippen LogP contribution in [0.15, 0.2) is 107 Å². The highest BCUT2D eigenvalue weighted by molar-refractivity contribution is 7.99. The van der Waals surface area contributed by atoms with Crippen molar-refractivity contribution in [1.29, 1.82) is 0 Å². The Morgan fingerprint density at radius 1 is 0.865 bits per heavy atom. The van der Waals surface area contributed by atoms with Gasteiger partial charge in [-0.15, -0.1) is 11.8 Å². The Morgan fingerprint density at radius 2 is 1.57 bits per heavy atom. The van der Waals surface area contributed by atoms with Crippen LogP contribution < -0.4 is 14.8 Å². The van der Waals surface area contributed by atoms with Crippen LogP contribution in [0.3, 0.4) is 0 Å². The first kappa shape index (κ1) is 26.3. The maximum Gasteiger partial charge on any atom is 0.261 e. The molecule has 0 aromatic heterocycles. The SMILES string of the molecule is Cc1ccc(NS(=O)(=O)c2ccc(NC(=O)c3ccc(OCCSc4ccccc4)cc3)cc2)c(C)c1. The van der Waals surface area contributed by atoms with Crippen molar-refractivity contribution in [2.45, 2.75) is 23.6 Å². The number of ether oxygens (including phenoxy) is 1. The highest BCUT2D eigenvalue weighted by atomic mass is 32.2. The van der Waals surface area contributed by atoms with Crippen LogP contribution in [0.4, 0.5) is 11.4 Å². The molecule has 0 bridgehead atoms. The van der Waals surface area contributed by atoms with E-state index in [9.17, 15) is 13.2 Å². The van der Waals surface area contributed by atoms with Crippen molar-refractivity contribution in [3.8, 4) is 5.75 Å². The topological polar surface area (TPSA) is 84.5 Å². The maximum atomic E-state index is 12.8. The van der Waals surface area contributed by atoms with E-state index in [0.717, 1.165) is 16.9 Å². The molecule has 0 aliphatic carbocycles. The van der Waals surface area contributed by atoms with Crippen LogP contribution in [0.25, 0.3) is 0 Å². The molecule has 4 aromatic carbocycles. The Bertz CT molecular complexity index is 1450. The normalized spacial score (nSPS) is 11.1. The predicted molar refractivity (Wildman–Crippen MR) is 150 cm³/mol. The molecule has 0 atom stereocenters. The van der Waals surface area contributed by atoms with Gasteiger partial charge in [0.15, 0.2) is 0 Å². The number of aryl methyl sites for hydroxylation is 2. The molecule has 8 heteroatoms. The van der Waals surface area contributed by atoms with Crippen LogP contribution in [-0.2, 0) is 10.0 Å². The molecule has 0 unspecified atom stereocenters. The molecule has 0 saturated carbocycles. The van der Waals surface area contributed by atoms with Crippen molar-refractivity contribution in [2.75, 3.05) is 22.4 Å². The van der Waals surface area contributed by atoms with E-state index in [1.165, 1.54) is 17.0 Å². The summed E-state index contributed by atoms with van der Waals surface area (Å²) in [5, 5.41) is 2.79. The third-order valence-electron chi connectivity index (χ3n) is 5.53. The molecule has 4 rings (SSSR count). The smallest absolute Gasteiger partial charge is 0.261 e. The molecule has 0 saturated heterocycles. The summed E-state index contributed by atoms with van der Waals surface area (Å²) >= 11 is 1.72. The summed E-state index contributed by atoms with van der Waals surface area (Å²) in [5.41, 5.74) is 3.40. The van der Waals surface area contributed by atoms with Gasteiger partial charge >= 0.3 is 0 Å². The molecule has 0 radical (unpaired) electrons. The fourth-order valence-electron chi connectivity index (χ4n) is 3.59. The first-order valence-corrected chi connectivity index (χ1v) is 14.2. The summed E-state index contributed by atoms with van der Waals surface area (Å²) < 4.78 is 33.9. The molecule has 1 amide bonds. The average Bonchev–Trinajstić information content (AvgIpc) is 2.89. The van der Waals surface area contributed by atoms with Crippen molar-refractivity contribution in [2.24, 2.45) is 0 Å². The summed E-state index contributed by atoms with van der Waals surface area (Å²) in [6.07, 6.45) is 0. The first-order valence-electron chi connectivity index (χ1n) is 11.7. The minimum Gasteiger partial charge on any atom is -0.493 e. The second-order valence-corrected chi connectivity index (χ2v) is 11.3. The summed E-state index contributed by atoms with van der Waals surface area (Å²) in [5.74, 6) is 1.21. The zero-order valence-electron chi connectivity index (χ0n) is 20.6. The Morgan fingerprint density at radius 3 is 2.24 bits per heavy atom. The number of carbonyl (C=O) groups is 1. The van der Waals surface area contributed by atoms with Crippen LogP contribution in [-0.4, -0.2) is 26.7 Å². The molecule has 0 aliphatic heterocycles. The van der Waals surface area contributed by atoms with E-state index in [0.29, 0.717) is 29.3 Å². The van der Waals surface area contributed by atoms with Gasteiger partial charge in [0.1, 0.15) is 5.75 Å². The van der Waals surface area contributed by atoms with Gasteiger partial charge in [0, 0.05) is 21.9 Å². The number of hydrogen-bond donors (Lipinski definition) is 2. The second-order valence-electron chi connectivity index (χ2n) is 8.44. The van der Waals surface area contributed by atoms with Gasteiger partial charge < -0.3 is 10.1 Å². The average molecular weight is 533 g/mol. The summed E-state index contributed by atoms with van der Waals surface area (Å²) in [6.45, 7) is 4.36. The van der Waals surface area contributed by atoms with Gasteiger partial charge in [-0.1, -0.05) is 35.9 Å². The number of rotatable bonds is 10. The largest absolute Gasteiger partial charge is 0.493 e. The van der Waals surface area contributed by atoms with Gasteiger partial charge in [-0.25, -0.2) is 8.42 Å². The Kier molecular flexibility index (Phi) is 8.53. The Hall–Kier alpha value is -3.75. The zero-order chi connectivity index (χ0) is 26.3. The Labute approximate surface area is 222 Å². The van der Waals surface area contributed by atoms with E-state index in [4.69, 9.17) is 4.74 Å². The van der Waals surface area contributed by atoms with Gasteiger partial charge in [-0.3, -0.25) is 9.52 Å². The van der Waals surface area contributed by atoms with Gasteiger partial charge in [-0.2, -0.15) is 0 Å². The quantitative estimate of drug-likeness (QED) is 0.179. The summed E-state index contributed by atoms with van der Waals surface area (Å²) in [4.78, 5) is 13.9. The van der Waals surface area contributed by atoms with Crippen LogP contribution in [0.1, 0.15) is 21.5 Å². The van der Waals surface area contributed by atoms with Gasteiger partial charge in [0.2, 0.25) is 0 Å². The lowest BCUT2D eigenvalue weighted by atomic mass is 10.1. The van der Waals surface area contributed by atoms with Crippen molar-refractivity contribution in [1.82, 2.24) is 0 Å². The van der Waals surface area contributed by atoms with Crippen molar-refractivity contribution >= 4 is 39.1 Å². The molecule has 6 nitrogen and oxygen atoms in total. The minimum atomic E-state index is -3.75. The van der Waals surface area contributed by atoms with Gasteiger partial charge in [-0.05, 0) is 86.1 Å². The lowest BCUT2D eigenvalue weighted by molar-refractivity contribution is 0.102. The van der Waals surface area contributed by atoms with E-state index in [-0.39, 0.29) is 10.8 Å². The highest BCUT2D eigenvalue weighted by Gasteiger charge is 2.16. The highest BCUT2D eigenvalue weighted by Crippen LogP contribution is 2.23. The summed E-state index contributed by atoms with van der Waals surface area (Å²) in [6, 6.07) is 28.6. The van der Waals surface area contributed by atoms with Gasteiger partial charge in [0.25, 0.3) is 15.9 Å². The second kappa shape index (κ2) is 12.0.